The van der Waals surface area contributed by atoms with Crippen molar-refractivity contribution in [3.8, 4) is 0 Å². The second-order valence-corrected chi connectivity index (χ2v) is 8.20. The van der Waals surface area contributed by atoms with Crippen LogP contribution in [0.15, 0.2) is 79.1 Å². The number of nitrogens with zero attached hydrogens (tertiary/aromatic N) is 3. The second-order valence-electron chi connectivity index (χ2n) is 8.20. The lowest BCUT2D eigenvalue weighted by Gasteiger charge is -2.30. The molecule has 4 nitrogen and oxygen atoms in total. The van der Waals surface area contributed by atoms with Gasteiger partial charge in [-0.3, -0.25) is 9.78 Å². The average molecular weight is 401 g/mol. The van der Waals surface area contributed by atoms with Crippen LogP contribution in [0.1, 0.15) is 17.2 Å². The Bertz CT molecular complexity index is 1030. The molecule has 3 heterocycles. The van der Waals surface area contributed by atoms with Gasteiger partial charge in [-0.2, -0.15) is 0 Å². The smallest absolute Gasteiger partial charge is 0.227 e. The molecule has 2 aromatic carbocycles. The Labute approximate surface area is 176 Å². The number of aromatic nitrogens is 1. The molecule has 0 unspecified atom stereocenters. The highest BCUT2D eigenvalue weighted by Gasteiger charge is 2.49. The Hall–Kier alpha value is -3.21. The van der Waals surface area contributed by atoms with Crippen molar-refractivity contribution in [1.82, 2.24) is 9.88 Å². The molecule has 2 aliphatic rings. The number of carbonyl (C=O) groups excluding carboxylic acids is 1. The van der Waals surface area contributed by atoms with E-state index in [1.54, 1.807) is 18.2 Å². The third-order valence-electron chi connectivity index (χ3n) is 6.45. The van der Waals surface area contributed by atoms with Gasteiger partial charge in [0, 0.05) is 49.6 Å². The number of pyridine rings is 1. The van der Waals surface area contributed by atoms with E-state index in [-0.39, 0.29) is 24.2 Å². The monoisotopic (exact) mass is 401 g/mol. The van der Waals surface area contributed by atoms with E-state index in [2.05, 4.69) is 22.0 Å². The first-order valence-corrected chi connectivity index (χ1v) is 10.4. The average Bonchev–Trinajstić information content (AvgIpc) is 3.35. The lowest BCUT2D eigenvalue weighted by molar-refractivity contribution is -0.131. The van der Waals surface area contributed by atoms with E-state index in [0.717, 1.165) is 18.7 Å². The van der Waals surface area contributed by atoms with Crippen LogP contribution in [0, 0.1) is 17.7 Å². The minimum atomic E-state index is -0.314. The molecule has 2 fully saturated rings. The van der Waals surface area contributed by atoms with Crippen molar-refractivity contribution in [3.05, 3.63) is 96.1 Å². The number of anilines is 1. The van der Waals surface area contributed by atoms with Crippen LogP contribution in [0.3, 0.4) is 0 Å². The number of carbonyl (C=O) groups is 1. The largest absolute Gasteiger partial charge is 0.371 e. The van der Waals surface area contributed by atoms with Crippen molar-refractivity contribution in [2.45, 2.75) is 12.5 Å². The van der Waals surface area contributed by atoms with E-state index in [0.29, 0.717) is 23.9 Å². The van der Waals surface area contributed by atoms with Crippen LogP contribution in [0.5, 0.6) is 0 Å². The maximum Gasteiger partial charge on any atom is 0.227 e. The molecule has 5 heteroatoms. The van der Waals surface area contributed by atoms with E-state index < -0.39 is 0 Å². The van der Waals surface area contributed by atoms with Gasteiger partial charge in [0.05, 0.1) is 12.5 Å². The zero-order chi connectivity index (χ0) is 20.5. The number of likely N-dealkylation sites (tertiary alicyclic amines) is 1. The van der Waals surface area contributed by atoms with E-state index in [1.165, 1.54) is 11.8 Å². The lowest BCUT2D eigenvalue weighted by Crippen LogP contribution is -2.36. The lowest BCUT2D eigenvalue weighted by atomic mass is 9.89. The van der Waals surface area contributed by atoms with Gasteiger partial charge in [-0.15, -0.1) is 0 Å². The van der Waals surface area contributed by atoms with Crippen LogP contribution in [0.2, 0.25) is 0 Å². The molecule has 1 aromatic heterocycles. The highest BCUT2D eigenvalue weighted by molar-refractivity contribution is 5.80. The van der Waals surface area contributed by atoms with Crippen LogP contribution in [-0.2, 0) is 11.2 Å². The standard InChI is InChI=1S/C25H24FN3O/c26-23-9-5-4-8-19(23)14-24(30)29-16-20-15-28(21-10-12-27-13-11-21)17-22(20)25(29)18-6-2-1-3-7-18/h1-13,20,22,25H,14-17H2/t20-,22-,25+/m0/s1. The summed E-state index contributed by atoms with van der Waals surface area (Å²) in [6, 6.07) is 20.9. The van der Waals surface area contributed by atoms with Crippen molar-refractivity contribution < 1.29 is 9.18 Å². The SMILES string of the molecule is O=C(Cc1ccccc1F)N1C[C@@H]2CN(c3ccncc3)C[C@@H]2[C@H]1c1ccccc1. The third kappa shape index (κ3) is 3.45. The van der Waals surface area contributed by atoms with Crippen LogP contribution in [0.4, 0.5) is 10.1 Å². The van der Waals surface area contributed by atoms with Gasteiger partial charge in [0.2, 0.25) is 5.91 Å². The van der Waals surface area contributed by atoms with Crippen molar-refractivity contribution in [2.75, 3.05) is 24.5 Å². The fourth-order valence-electron chi connectivity index (χ4n) is 5.05. The van der Waals surface area contributed by atoms with E-state index in [4.69, 9.17) is 0 Å². The summed E-state index contributed by atoms with van der Waals surface area (Å²) in [6.07, 6.45) is 3.74. The summed E-state index contributed by atoms with van der Waals surface area (Å²) in [6.45, 7) is 2.53. The summed E-state index contributed by atoms with van der Waals surface area (Å²) >= 11 is 0. The highest BCUT2D eigenvalue weighted by atomic mass is 19.1. The molecule has 0 aliphatic carbocycles. The number of halogens is 1. The molecule has 5 rings (SSSR count). The number of hydrogen-bond donors (Lipinski definition) is 0. The molecule has 2 saturated heterocycles. The number of hydrogen-bond acceptors (Lipinski definition) is 3. The summed E-state index contributed by atoms with van der Waals surface area (Å²) in [5.74, 6) is 0.433. The normalized spacial score (nSPS) is 22.9. The van der Waals surface area contributed by atoms with E-state index in [1.807, 2.05) is 47.6 Å². The first kappa shape index (κ1) is 18.8. The maximum atomic E-state index is 14.1. The van der Waals surface area contributed by atoms with Gasteiger partial charge >= 0.3 is 0 Å². The van der Waals surface area contributed by atoms with Crippen molar-refractivity contribution in [3.63, 3.8) is 0 Å². The Morgan fingerprint density at radius 1 is 0.933 bits per heavy atom. The summed E-state index contributed by atoms with van der Waals surface area (Å²) in [7, 11) is 0. The molecule has 3 aromatic rings. The predicted molar refractivity (Wildman–Crippen MR) is 114 cm³/mol. The summed E-state index contributed by atoms with van der Waals surface area (Å²) in [5, 5.41) is 0. The molecule has 0 spiro atoms. The van der Waals surface area contributed by atoms with Crippen LogP contribution in [0.25, 0.3) is 0 Å². The van der Waals surface area contributed by atoms with E-state index in [9.17, 15) is 9.18 Å². The molecule has 0 bridgehead atoms. The fourth-order valence-corrected chi connectivity index (χ4v) is 5.05. The summed E-state index contributed by atoms with van der Waals surface area (Å²) in [5.41, 5.74) is 2.80. The summed E-state index contributed by atoms with van der Waals surface area (Å²) in [4.78, 5) is 21.8. The molecule has 152 valence electrons. The maximum absolute atomic E-state index is 14.1. The van der Waals surface area contributed by atoms with Gasteiger partial charge in [0.15, 0.2) is 0 Å². The Balaban J connectivity index is 1.42. The minimum Gasteiger partial charge on any atom is -0.371 e. The number of amides is 1. The van der Waals surface area contributed by atoms with Crippen molar-refractivity contribution in [1.29, 1.82) is 0 Å². The van der Waals surface area contributed by atoms with Gasteiger partial charge in [-0.1, -0.05) is 48.5 Å². The molecule has 0 saturated carbocycles. The third-order valence-corrected chi connectivity index (χ3v) is 6.45. The van der Waals surface area contributed by atoms with Gasteiger partial charge < -0.3 is 9.80 Å². The second kappa shape index (κ2) is 7.90. The Morgan fingerprint density at radius 3 is 2.43 bits per heavy atom. The first-order chi connectivity index (χ1) is 14.7. The Kier molecular flexibility index (Phi) is 4.95. The highest BCUT2D eigenvalue weighted by Crippen LogP contribution is 2.46. The quantitative estimate of drug-likeness (QED) is 0.661. The fraction of sp³-hybridized carbons (Fsp3) is 0.280. The molecular weight excluding hydrogens is 377 g/mol. The molecular formula is C25H24FN3O. The Morgan fingerprint density at radius 2 is 1.67 bits per heavy atom. The van der Waals surface area contributed by atoms with Crippen LogP contribution in [-0.4, -0.2) is 35.4 Å². The molecule has 0 N–H and O–H groups in total. The molecule has 30 heavy (non-hydrogen) atoms. The topological polar surface area (TPSA) is 36.4 Å². The number of rotatable bonds is 4. The van der Waals surface area contributed by atoms with Crippen LogP contribution < -0.4 is 4.90 Å². The molecule has 2 aliphatic heterocycles. The number of benzene rings is 2. The van der Waals surface area contributed by atoms with Crippen molar-refractivity contribution >= 4 is 11.6 Å². The molecule has 1 amide bonds. The summed E-state index contributed by atoms with van der Waals surface area (Å²) < 4.78 is 14.1. The minimum absolute atomic E-state index is 0.00110. The first-order valence-electron chi connectivity index (χ1n) is 10.4. The zero-order valence-electron chi connectivity index (χ0n) is 16.7. The van der Waals surface area contributed by atoms with E-state index >= 15 is 0 Å². The van der Waals surface area contributed by atoms with Crippen LogP contribution >= 0.6 is 0 Å². The van der Waals surface area contributed by atoms with Gasteiger partial charge in [0.1, 0.15) is 5.82 Å². The predicted octanol–water partition coefficient (Wildman–Crippen LogP) is 4.10. The van der Waals surface area contributed by atoms with Gasteiger partial charge in [0.25, 0.3) is 0 Å². The van der Waals surface area contributed by atoms with Gasteiger partial charge in [-0.05, 0) is 29.3 Å². The zero-order valence-corrected chi connectivity index (χ0v) is 16.7. The van der Waals surface area contributed by atoms with Gasteiger partial charge in [-0.25, -0.2) is 4.39 Å². The molecule has 0 radical (unpaired) electrons. The van der Waals surface area contributed by atoms with Crippen molar-refractivity contribution in [2.24, 2.45) is 11.8 Å². The molecule has 3 atom stereocenters. The number of fused-ring (bicyclic) bond motifs is 1.